The van der Waals surface area contributed by atoms with Crippen LogP contribution in [0.15, 0.2) is 203 Å². The second kappa shape index (κ2) is 12.9. The lowest BCUT2D eigenvalue weighted by Crippen LogP contribution is -2.11. The highest BCUT2D eigenvalue weighted by Crippen LogP contribution is 2.46. The van der Waals surface area contributed by atoms with Crippen LogP contribution in [0.25, 0.3) is 77.9 Å². The maximum atomic E-state index is 6.67. The van der Waals surface area contributed by atoms with Gasteiger partial charge in [0.15, 0.2) is 5.58 Å². The highest BCUT2D eigenvalue weighted by molar-refractivity contribution is 6.20. The molecule has 0 fully saturated rings. The van der Waals surface area contributed by atoms with Crippen LogP contribution in [0, 0.1) is 0 Å². The number of oxazole rings is 1. The quantitative estimate of drug-likeness (QED) is 0.168. The molecule has 0 aliphatic rings. The molecule has 4 heteroatoms. The van der Waals surface area contributed by atoms with Gasteiger partial charge in [-0.05, 0) is 82.9 Å². The van der Waals surface area contributed by atoms with Crippen molar-refractivity contribution in [2.75, 3.05) is 4.90 Å². The van der Waals surface area contributed by atoms with E-state index in [1.54, 1.807) is 0 Å². The van der Waals surface area contributed by atoms with E-state index in [2.05, 4.69) is 150 Å². The van der Waals surface area contributed by atoms with E-state index >= 15 is 0 Å². The fourth-order valence-electron chi connectivity index (χ4n) is 7.40. The Hall–Kier alpha value is -7.17. The van der Waals surface area contributed by atoms with Crippen LogP contribution in [-0.4, -0.2) is 4.98 Å². The minimum absolute atomic E-state index is 0.584. The SMILES string of the molecule is c1ccc(-c2ccc(N(c3ccccc3)c3cccc(-c4cc5oc(-c6ccccc6)nc5c5c4oc4ccccc45)c3)c(-c3ccccc3)c2)cc1. The highest BCUT2D eigenvalue weighted by atomic mass is 16.4. The third-order valence-electron chi connectivity index (χ3n) is 9.89. The van der Waals surface area contributed by atoms with Crippen molar-refractivity contribution in [2.45, 2.75) is 0 Å². The minimum Gasteiger partial charge on any atom is -0.455 e. The number of nitrogens with zero attached hydrogens (tertiary/aromatic N) is 2. The van der Waals surface area contributed by atoms with Gasteiger partial charge in [-0.2, -0.15) is 0 Å². The lowest BCUT2D eigenvalue weighted by Gasteiger charge is -2.28. The molecule has 0 radical (unpaired) electrons. The molecule has 0 saturated carbocycles. The maximum Gasteiger partial charge on any atom is 0.227 e. The van der Waals surface area contributed by atoms with Crippen molar-refractivity contribution in [3.63, 3.8) is 0 Å². The topological polar surface area (TPSA) is 42.4 Å². The first-order valence-electron chi connectivity index (χ1n) is 17.8. The van der Waals surface area contributed by atoms with Crippen LogP contribution in [0.2, 0.25) is 0 Å². The van der Waals surface area contributed by atoms with Gasteiger partial charge in [-0.1, -0.05) is 133 Å². The summed E-state index contributed by atoms with van der Waals surface area (Å²) < 4.78 is 13.2. The van der Waals surface area contributed by atoms with E-state index in [0.717, 1.165) is 77.9 Å². The molecule has 4 nitrogen and oxygen atoms in total. The standard InChI is InChI=1S/C49H32N2O2/c1-5-16-33(17-6-1)36-28-29-43(41(31-36)34-18-7-2-8-19-34)51(38-23-11-4-12-24-38)39-25-15-22-37(30-39)42-32-45-47(50-49(53-45)35-20-9-3-10-21-35)46-40-26-13-14-27-44(40)52-48(42)46/h1-32H. The maximum absolute atomic E-state index is 6.67. The Kier molecular flexibility index (Phi) is 7.43. The third kappa shape index (κ3) is 5.45. The Labute approximate surface area is 306 Å². The molecule has 0 unspecified atom stereocenters. The summed E-state index contributed by atoms with van der Waals surface area (Å²) in [6, 6.07) is 67.5. The largest absolute Gasteiger partial charge is 0.455 e. The summed E-state index contributed by atoms with van der Waals surface area (Å²) in [5.41, 5.74) is 13.8. The van der Waals surface area contributed by atoms with Crippen LogP contribution < -0.4 is 4.90 Å². The molecule has 53 heavy (non-hydrogen) atoms. The molecule has 2 heterocycles. The molecule has 10 rings (SSSR count). The molecule has 0 aliphatic carbocycles. The van der Waals surface area contributed by atoms with Gasteiger partial charge in [0.05, 0.1) is 11.1 Å². The molecule has 0 N–H and O–H groups in total. The summed E-state index contributed by atoms with van der Waals surface area (Å²) in [7, 11) is 0. The Bertz CT molecular complexity index is 2880. The zero-order valence-corrected chi connectivity index (χ0v) is 28.7. The van der Waals surface area contributed by atoms with Crippen molar-refractivity contribution in [2.24, 2.45) is 0 Å². The summed E-state index contributed by atoms with van der Waals surface area (Å²) in [5, 5.41) is 1.96. The summed E-state index contributed by atoms with van der Waals surface area (Å²) in [6.07, 6.45) is 0. The third-order valence-corrected chi connectivity index (χ3v) is 9.89. The van der Waals surface area contributed by atoms with E-state index in [4.69, 9.17) is 13.8 Å². The Balaban J connectivity index is 1.19. The molecule has 0 aliphatic heterocycles. The van der Waals surface area contributed by atoms with E-state index in [1.165, 1.54) is 5.56 Å². The van der Waals surface area contributed by atoms with Gasteiger partial charge in [-0.25, -0.2) is 4.98 Å². The van der Waals surface area contributed by atoms with E-state index in [-0.39, 0.29) is 0 Å². The van der Waals surface area contributed by atoms with Gasteiger partial charge in [0.25, 0.3) is 0 Å². The van der Waals surface area contributed by atoms with Crippen LogP contribution in [0.1, 0.15) is 0 Å². The van der Waals surface area contributed by atoms with Crippen LogP contribution in [0.3, 0.4) is 0 Å². The van der Waals surface area contributed by atoms with Gasteiger partial charge in [-0.3, -0.25) is 0 Å². The van der Waals surface area contributed by atoms with Gasteiger partial charge < -0.3 is 13.7 Å². The van der Waals surface area contributed by atoms with E-state index in [9.17, 15) is 0 Å². The predicted octanol–water partition coefficient (Wildman–Crippen LogP) is 13.9. The van der Waals surface area contributed by atoms with Crippen molar-refractivity contribution in [1.82, 2.24) is 4.98 Å². The number of anilines is 3. The molecule has 0 spiro atoms. The molecule has 2 aromatic heterocycles. The van der Waals surface area contributed by atoms with Crippen LogP contribution in [0.4, 0.5) is 17.1 Å². The molecule has 0 atom stereocenters. The van der Waals surface area contributed by atoms with Crippen molar-refractivity contribution in [3.8, 4) is 44.8 Å². The molecule has 0 bridgehead atoms. The average molecular weight is 681 g/mol. The summed E-state index contributed by atoms with van der Waals surface area (Å²) in [6.45, 7) is 0. The van der Waals surface area contributed by atoms with Gasteiger partial charge >= 0.3 is 0 Å². The first-order valence-corrected chi connectivity index (χ1v) is 17.8. The smallest absolute Gasteiger partial charge is 0.227 e. The summed E-state index contributed by atoms with van der Waals surface area (Å²) in [5.74, 6) is 0.584. The Morgan fingerprint density at radius 2 is 1.02 bits per heavy atom. The van der Waals surface area contributed by atoms with E-state index in [1.807, 2.05) is 48.5 Å². The zero-order valence-electron chi connectivity index (χ0n) is 28.7. The molecular weight excluding hydrogens is 649 g/mol. The second-order valence-corrected chi connectivity index (χ2v) is 13.1. The lowest BCUT2D eigenvalue weighted by atomic mass is 9.96. The summed E-state index contributed by atoms with van der Waals surface area (Å²) >= 11 is 0. The van der Waals surface area contributed by atoms with Crippen LogP contribution in [0.5, 0.6) is 0 Å². The predicted molar refractivity (Wildman–Crippen MR) is 218 cm³/mol. The van der Waals surface area contributed by atoms with Gasteiger partial charge in [0.2, 0.25) is 5.89 Å². The normalized spacial score (nSPS) is 11.4. The number of fused-ring (bicyclic) bond motifs is 5. The monoisotopic (exact) mass is 680 g/mol. The molecular formula is C49H32N2O2. The fourth-order valence-corrected chi connectivity index (χ4v) is 7.40. The first-order chi connectivity index (χ1) is 26.3. The Morgan fingerprint density at radius 3 is 1.77 bits per heavy atom. The highest BCUT2D eigenvalue weighted by Gasteiger charge is 2.23. The van der Waals surface area contributed by atoms with Gasteiger partial charge in [0, 0.05) is 33.5 Å². The van der Waals surface area contributed by atoms with Crippen LogP contribution >= 0.6 is 0 Å². The minimum atomic E-state index is 0.584. The molecule has 250 valence electrons. The fraction of sp³-hybridized carbons (Fsp3) is 0. The molecule has 8 aromatic carbocycles. The van der Waals surface area contributed by atoms with Gasteiger partial charge in [-0.15, -0.1) is 0 Å². The molecule has 0 saturated heterocycles. The van der Waals surface area contributed by atoms with Crippen molar-refractivity contribution < 1.29 is 8.83 Å². The number of hydrogen-bond donors (Lipinski definition) is 0. The molecule has 0 amide bonds. The number of furan rings is 1. The average Bonchev–Trinajstić information content (AvgIpc) is 3.84. The van der Waals surface area contributed by atoms with Crippen molar-refractivity contribution in [3.05, 3.63) is 194 Å². The first kappa shape index (κ1) is 30.6. The van der Waals surface area contributed by atoms with Crippen molar-refractivity contribution in [1.29, 1.82) is 0 Å². The van der Waals surface area contributed by atoms with Crippen LogP contribution in [-0.2, 0) is 0 Å². The zero-order chi connectivity index (χ0) is 35.1. The number of rotatable bonds is 7. The summed E-state index contributed by atoms with van der Waals surface area (Å²) in [4.78, 5) is 7.37. The second-order valence-electron chi connectivity index (χ2n) is 13.1. The van der Waals surface area contributed by atoms with Crippen molar-refractivity contribution >= 4 is 50.1 Å². The van der Waals surface area contributed by atoms with E-state index in [0.29, 0.717) is 11.5 Å². The Morgan fingerprint density at radius 1 is 0.396 bits per heavy atom. The number of aromatic nitrogens is 1. The van der Waals surface area contributed by atoms with Gasteiger partial charge in [0.1, 0.15) is 16.7 Å². The van der Waals surface area contributed by atoms with E-state index < -0.39 is 0 Å². The number of hydrogen-bond acceptors (Lipinski definition) is 4. The lowest BCUT2D eigenvalue weighted by molar-refractivity contribution is 0.619. The number of benzene rings is 8. The number of para-hydroxylation sites is 2. The molecule has 10 aromatic rings.